The maximum atomic E-state index is 12.7. The highest BCUT2D eigenvalue weighted by atomic mass is 35.5. The Kier molecular flexibility index (Phi) is 5.44. The standard InChI is InChI=1S/C22H18ClNO5/c1-26-19-7-5-14(9-15(19)12-27-18-4-2-3-16(23)10-18)22(25)24-17-6-8-20-21(11-17)29-13-28-20/h2-11H,12-13H2,1H3,(H,24,25). The molecule has 3 aromatic carbocycles. The summed E-state index contributed by atoms with van der Waals surface area (Å²) in [6.07, 6.45) is 0. The van der Waals surface area contributed by atoms with E-state index in [-0.39, 0.29) is 19.3 Å². The fourth-order valence-corrected chi connectivity index (χ4v) is 3.11. The Morgan fingerprint density at radius 2 is 1.93 bits per heavy atom. The van der Waals surface area contributed by atoms with E-state index in [2.05, 4.69) is 5.32 Å². The highest BCUT2D eigenvalue weighted by Gasteiger charge is 2.16. The SMILES string of the molecule is COc1ccc(C(=O)Nc2ccc3c(c2)OCO3)cc1COc1cccc(Cl)c1. The molecule has 0 atom stereocenters. The van der Waals surface area contributed by atoms with Crippen LogP contribution in [0.1, 0.15) is 15.9 Å². The van der Waals surface area contributed by atoms with Crippen molar-refractivity contribution in [2.75, 3.05) is 19.2 Å². The molecule has 1 aliphatic rings. The molecule has 0 unspecified atom stereocenters. The molecule has 4 rings (SSSR count). The summed E-state index contributed by atoms with van der Waals surface area (Å²) in [6.45, 7) is 0.413. The van der Waals surface area contributed by atoms with Gasteiger partial charge in [-0.1, -0.05) is 17.7 Å². The minimum Gasteiger partial charge on any atom is -0.496 e. The minimum absolute atomic E-state index is 0.182. The average molecular weight is 412 g/mol. The minimum atomic E-state index is -0.254. The van der Waals surface area contributed by atoms with Crippen LogP contribution in [0.3, 0.4) is 0 Å². The zero-order valence-electron chi connectivity index (χ0n) is 15.6. The predicted molar refractivity (Wildman–Crippen MR) is 109 cm³/mol. The summed E-state index contributed by atoms with van der Waals surface area (Å²) < 4.78 is 21.8. The summed E-state index contributed by atoms with van der Waals surface area (Å²) in [5.74, 6) is 2.28. The summed E-state index contributed by atoms with van der Waals surface area (Å²) in [5, 5.41) is 3.45. The Labute approximate surface area is 172 Å². The van der Waals surface area contributed by atoms with Gasteiger partial charge in [-0.15, -0.1) is 0 Å². The zero-order valence-corrected chi connectivity index (χ0v) is 16.4. The summed E-state index contributed by atoms with van der Waals surface area (Å²) in [5.41, 5.74) is 1.84. The maximum Gasteiger partial charge on any atom is 0.255 e. The maximum absolute atomic E-state index is 12.7. The van der Waals surface area contributed by atoms with Crippen LogP contribution in [0, 0.1) is 0 Å². The van der Waals surface area contributed by atoms with Crippen molar-refractivity contribution in [3.8, 4) is 23.0 Å². The van der Waals surface area contributed by atoms with Gasteiger partial charge in [0.25, 0.3) is 5.91 Å². The third kappa shape index (κ3) is 4.38. The average Bonchev–Trinajstić information content (AvgIpc) is 3.20. The number of hydrogen-bond acceptors (Lipinski definition) is 5. The Bertz CT molecular complexity index is 1050. The number of fused-ring (bicyclic) bond motifs is 1. The molecule has 0 bridgehead atoms. The van der Waals surface area contributed by atoms with Crippen LogP contribution >= 0.6 is 11.6 Å². The number of amides is 1. The lowest BCUT2D eigenvalue weighted by atomic mass is 10.1. The number of carbonyl (C=O) groups is 1. The van der Waals surface area contributed by atoms with Crippen molar-refractivity contribution >= 4 is 23.2 Å². The quantitative estimate of drug-likeness (QED) is 0.624. The van der Waals surface area contributed by atoms with E-state index in [1.165, 1.54) is 0 Å². The molecular weight excluding hydrogens is 394 g/mol. The fraction of sp³-hybridized carbons (Fsp3) is 0.136. The van der Waals surface area contributed by atoms with Crippen LogP contribution in [0.5, 0.6) is 23.0 Å². The molecule has 1 aliphatic heterocycles. The first-order valence-electron chi connectivity index (χ1n) is 8.88. The molecule has 0 aliphatic carbocycles. The predicted octanol–water partition coefficient (Wildman–Crippen LogP) is 4.91. The second kappa shape index (κ2) is 8.32. The molecule has 7 heteroatoms. The molecule has 1 amide bonds. The highest BCUT2D eigenvalue weighted by molar-refractivity contribution is 6.30. The van der Waals surface area contributed by atoms with Crippen LogP contribution < -0.4 is 24.3 Å². The lowest BCUT2D eigenvalue weighted by Crippen LogP contribution is -2.12. The van der Waals surface area contributed by atoms with E-state index in [1.807, 2.05) is 12.1 Å². The molecule has 0 aromatic heterocycles. The second-order valence-electron chi connectivity index (χ2n) is 6.29. The van der Waals surface area contributed by atoms with Crippen LogP contribution in [-0.2, 0) is 6.61 Å². The van der Waals surface area contributed by atoms with Gasteiger partial charge in [0.05, 0.1) is 7.11 Å². The number of rotatable bonds is 6. The summed E-state index contributed by atoms with van der Waals surface area (Å²) in [7, 11) is 1.57. The number of anilines is 1. The van der Waals surface area contributed by atoms with Gasteiger partial charge >= 0.3 is 0 Å². The van der Waals surface area contributed by atoms with Gasteiger partial charge in [-0.3, -0.25) is 4.79 Å². The molecule has 0 fully saturated rings. The molecule has 0 saturated carbocycles. The number of methoxy groups -OCH3 is 1. The first kappa shape index (κ1) is 19.0. The van der Waals surface area contributed by atoms with Gasteiger partial charge in [0.2, 0.25) is 6.79 Å². The number of nitrogens with one attached hydrogen (secondary N) is 1. The van der Waals surface area contributed by atoms with Gasteiger partial charge in [-0.2, -0.15) is 0 Å². The molecule has 0 radical (unpaired) electrons. The molecule has 1 heterocycles. The highest BCUT2D eigenvalue weighted by Crippen LogP contribution is 2.34. The third-order valence-corrected chi connectivity index (χ3v) is 4.60. The first-order valence-corrected chi connectivity index (χ1v) is 9.26. The van der Waals surface area contributed by atoms with E-state index < -0.39 is 0 Å². The van der Waals surface area contributed by atoms with Gasteiger partial charge in [0, 0.05) is 27.9 Å². The number of benzene rings is 3. The number of halogens is 1. The summed E-state index contributed by atoms with van der Waals surface area (Å²) in [6, 6.07) is 17.6. The van der Waals surface area contributed by atoms with Crippen molar-refractivity contribution in [2.24, 2.45) is 0 Å². The van der Waals surface area contributed by atoms with E-state index in [9.17, 15) is 4.79 Å². The van der Waals surface area contributed by atoms with Gasteiger partial charge in [0.1, 0.15) is 18.1 Å². The van der Waals surface area contributed by atoms with Crippen molar-refractivity contribution in [1.29, 1.82) is 0 Å². The van der Waals surface area contributed by atoms with E-state index in [1.54, 1.807) is 55.6 Å². The Morgan fingerprint density at radius 1 is 1.07 bits per heavy atom. The Hall–Kier alpha value is -3.38. The molecule has 0 saturated heterocycles. The van der Waals surface area contributed by atoms with Crippen molar-refractivity contribution in [3.05, 3.63) is 76.8 Å². The number of ether oxygens (including phenoxy) is 4. The van der Waals surface area contributed by atoms with Crippen molar-refractivity contribution < 1.29 is 23.7 Å². The fourth-order valence-electron chi connectivity index (χ4n) is 2.93. The number of carbonyl (C=O) groups excluding carboxylic acids is 1. The van der Waals surface area contributed by atoms with Crippen molar-refractivity contribution in [2.45, 2.75) is 6.61 Å². The molecular formula is C22H18ClNO5. The van der Waals surface area contributed by atoms with E-state index >= 15 is 0 Å². The van der Waals surface area contributed by atoms with Gasteiger partial charge < -0.3 is 24.3 Å². The van der Waals surface area contributed by atoms with Crippen LogP contribution in [0.15, 0.2) is 60.7 Å². The van der Waals surface area contributed by atoms with Crippen LogP contribution in [0.25, 0.3) is 0 Å². The Balaban J connectivity index is 1.50. The van der Waals surface area contributed by atoms with E-state index in [0.717, 1.165) is 5.56 Å². The third-order valence-electron chi connectivity index (χ3n) is 4.36. The van der Waals surface area contributed by atoms with E-state index in [4.69, 9.17) is 30.5 Å². The van der Waals surface area contributed by atoms with E-state index in [0.29, 0.717) is 39.3 Å². The van der Waals surface area contributed by atoms with Crippen molar-refractivity contribution in [3.63, 3.8) is 0 Å². The lowest BCUT2D eigenvalue weighted by molar-refractivity contribution is 0.102. The zero-order chi connectivity index (χ0) is 20.2. The monoisotopic (exact) mass is 411 g/mol. The molecule has 1 N–H and O–H groups in total. The van der Waals surface area contributed by atoms with Crippen LogP contribution in [-0.4, -0.2) is 19.8 Å². The normalized spacial score (nSPS) is 11.8. The smallest absolute Gasteiger partial charge is 0.255 e. The topological polar surface area (TPSA) is 66.0 Å². The summed E-state index contributed by atoms with van der Waals surface area (Å²) >= 11 is 5.99. The molecule has 3 aromatic rings. The summed E-state index contributed by atoms with van der Waals surface area (Å²) in [4.78, 5) is 12.7. The largest absolute Gasteiger partial charge is 0.496 e. The van der Waals surface area contributed by atoms with Crippen LogP contribution in [0.2, 0.25) is 5.02 Å². The van der Waals surface area contributed by atoms with Gasteiger partial charge in [-0.05, 0) is 48.5 Å². The van der Waals surface area contributed by atoms with Gasteiger partial charge in [0.15, 0.2) is 11.5 Å². The number of hydrogen-bond donors (Lipinski definition) is 1. The Morgan fingerprint density at radius 3 is 2.76 bits per heavy atom. The molecule has 6 nitrogen and oxygen atoms in total. The molecule has 0 spiro atoms. The van der Waals surface area contributed by atoms with Gasteiger partial charge in [-0.25, -0.2) is 0 Å². The lowest BCUT2D eigenvalue weighted by Gasteiger charge is -2.13. The first-order chi connectivity index (χ1) is 14.1. The molecule has 148 valence electrons. The second-order valence-corrected chi connectivity index (χ2v) is 6.73. The van der Waals surface area contributed by atoms with Crippen LogP contribution in [0.4, 0.5) is 5.69 Å². The molecule has 29 heavy (non-hydrogen) atoms. The van der Waals surface area contributed by atoms with Crippen molar-refractivity contribution in [1.82, 2.24) is 0 Å².